The summed E-state index contributed by atoms with van der Waals surface area (Å²) >= 11 is 0. The molecule has 6 rings (SSSR count). The Kier molecular flexibility index (Phi) is 4.38. The number of ketones is 1. The van der Waals surface area contributed by atoms with E-state index in [1.807, 2.05) is 43.3 Å². The van der Waals surface area contributed by atoms with Crippen molar-refractivity contribution in [2.45, 2.75) is 6.92 Å². The second-order valence-electron chi connectivity index (χ2n) is 8.11. The van der Waals surface area contributed by atoms with Crippen LogP contribution in [-0.4, -0.2) is 18.3 Å². The summed E-state index contributed by atoms with van der Waals surface area (Å²) in [6.07, 6.45) is 0. The number of rotatable bonds is 3. The molecule has 5 aromatic rings. The predicted octanol–water partition coefficient (Wildman–Crippen LogP) is 5.08. The highest BCUT2D eigenvalue weighted by Crippen LogP contribution is 2.41. The van der Waals surface area contributed by atoms with Crippen LogP contribution in [0, 0.1) is 6.92 Å². The van der Waals surface area contributed by atoms with E-state index >= 15 is 0 Å². The Bertz CT molecular complexity index is 1690. The molecule has 0 radical (unpaired) electrons. The van der Waals surface area contributed by atoms with Gasteiger partial charge in [-0.05, 0) is 48.4 Å². The second-order valence-corrected chi connectivity index (χ2v) is 8.11. The molecule has 166 valence electrons. The number of amides is 1. The van der Waals surface area contributed by atoms with Gasteiger partial charge in [-0.25, -0.2) is 4.79 Å². The van der Waals surface area contributed by atoms with Crippen molar-refractivity contribution in [2.24, 2.45) is 0 Å². The minimum Gasteiger partial charge on any atom is -0.482 e. The zero-order valence-electron chi connectivity index (χ0n) is 18.0. The van der Waals surface area contributed by atoms with E-state index in [0.717, 1.165) is 16.5 Å². The number of carbonyl (C=O) groups excluding carboxylic acids is 2. The molecule has 1 aliphatic heterocycles. The molecular formula is C27H17NO6. The fraction of sp³-hybridized carbons (Fsp3) is 0.0741. The number of furan rings is 1. The monoisotopic (exact) mass is 451 g/mol. The van der Waals surface area contributed by atoms with Crippen LogP contribution in [0.25, 0.3) is 33.1 Å². The van der Waals surface area contributed by atoms with Gasteiger partial charge in [0.1, 0.15) is 16.9 Å². The summed E-state index contributed by atoms with van der Waals surface area (Å²) in [5, 5.41) is 4.04. The molecule has 3 aromatic carbocycles. The largest absolute Gasteiger partial charge is 0.482 e. The lowest BCUT2D eigenvalue weighted by atomic mass is 9.96. The Balaban J connectivity index is 1.63. The molecule has 0 spiro atoms. The van der Waals surface area contributed by atoms with Gasteiger partial charge < -0.3 is 18.9 Å². The Hall–Kier alpha value is -4.65. The Morgan fingerprint density at radius 3 is 2.59 bits per heavy atom. The number of nitrogens with one attached hydrogen (secondary N) is 1. The van der Waals surface area contributed by atoms with Crippen molar-refractivity contribution in [3.8, 4) is 16.9 Å². The first kappa shape index (κ1) is 20.0. The molecule has 0 aliphatic carbocycles. The van der Waals surface area contributed by atoms with Gasteiger partial charge >= 0.3 is 5.63 Å². The lowest BCUT2D eigenvalue weighted by Crippen LogP contribution is -2.25. The summed E-state index contributed by atoms with van der Waals surface area (Å²) in [6.45, 7) is 1.77. The number of ether oxygens (including phenoxy) is 1. The average Bonchev–Trinajstić information content (AvgIpc) is 3.23. The maximum atomic E-state index is 13.7. The van der Waals surface area contributed by atoms with Crippen molar-refractivity contribution in [2.75, 3.05) is 11.9 Å². The molecule has 1 amide bonds. The first-order chi connectivity index (χ1) is 16.5. The van der Waals surface area contributed by atoms with Crippen molar-refractivity contribution < 1.29 is 23.2 Å². The third-order valence-corrected chi connectivity index (χ3v) is 5.91. The van der Waals surface area contributed by atoms with Crippen LogP contribution in [0.15, 0.2) is 80.4 Å². The number of fused-ring (bicyclic) bond motifs is 4. The zero-order chi connectivity index (χ0) is 23.4. The van der Waals surface area contributed by atoms with Gasteiger partial charge in [-0.1, -0.05) is 30.3 Å². The molecule has 2 aromatic heterocycles. The summed E-state index contributed by atoms with van der Waals surface area (Å²) < 4.78 is 17.1. The average molecular weight is 451 g/mol. The standard InChI is InChI=1S/C27H17NO6/c1-14-11-22(30)34-26-17(14)8-10-20-24(26)23(15-5-3-2-4-6-15)27(33-20)25(31)16-7-9-19-18(12-16)28-21(29)13-32-19/h2-12H,13H2,1H3,(H,28,29). The second kappa shape index (κ2) is 7.45. The first-order valence-electron chi connectivity index (χ1n) is 10.7. The molecule has 1 N–H and O–H groups in total. The van der Waals surface area contributed by atoms with Gasteiger partial charge in [0.2, 0.25) is 5.78 Å². The molecule has 7 heteroatoms. The van der Waals surface area contributed by atoms with Gasteiger partial charge in [0.15, 0.2) is 12.4 Å². The zero-order valence-corrected chi connectivity index (χ0v) is 18.0. The number of hydrogen-bond acceptors (Lipinski definition) is 6. The van der Waals surface area contributed by atoms with E-state index in [0.29, 0.717) is 39.1 Å². The lowest BCUT2D eigenvalue weighted by Gasteiger charge is -2.18. The maximum absolute atomic E-state index is 13.7. The smallest absolute Gasteiger partial charge is 0.336 e. The molecule has 1 aliphatic rings. The van der Waals surface area contributed by atoms with Crippen LogP contribution in [0.3, 0.4) is 0 Å². The fourth-order valence-electron chi connectivity index (χ4n) is 4.36. The van der Waals surface area contributed by atoms with Crippen LogP contribution >= 0.6 is 0 Å². The van der Waals surface area contributed by atoms with Crippen LogP contribution < -0.4 is 15.7 Å². The van der Waals surface area contributed by atoms with Crippen LogP contribution in [0.4, 0.5) is 5.69 Å². The topological polar surface area (TPSA) is 98.8 Å². The fourth-order valence-corrected chi connectivity index (χ4v) is 4.36. The van der Waals surface area contributed by atoms with E-state index in [2.05, 4.69) is 5.32 Å². The van der Waals surface area contributed by atoms with Gasteiger partial charge in [0, 0.05) is 22.6 Å². The quantitative estimate of drug-likeness (QED) is 0.304. The lowest BCUT2D eigenvalue weighted by molar-refractivity contribution is -0.118. The third-order valence-electron chi connectivity index (χ3n) is 5.91. The highest BCUT2D eigenvalue weighted by atomic mass is 16.5. The van der Waals surface area contributed by atoms with Gasteiger partial charge in [-0.3, -0.25) is 9.59 Å². The normalized spacial score (nSPS) is 12.9. The predicted molar refractivity (Wildman–Crippen MR) is 126 cm³/mol. The van der Waals surface area contributed by atoms with Crippen LogP contribution in [0.5, 0.6) is 5.75 Å². The van der Waals surface area contributed by atoms with Crippen molar-refractivity contribution in [1.82, 2.24) is 0 Å². The van der Waals surface area contributed by atoms with Gasteiger partial charge in [-0.15, -0.1) is 0 Å². The number of benzene rings is 3. The number of carbonyl (C=O) groups is 2. The number of aryl methyl sites for hydroxylation is 1. The molecule has 0 unspecified atom stereocenters. The van der Waals surface area contributed by atoms with Crippen molar-refractivity contribution in [1.29, 1.82) is 0 Å². The molecule has 0 atom stereocenters. The molecule has 0 saturated heterocycles. The summed E-state index contributed by atoms with van der Waals surface area (Å²) in [6, 6.07) is 19.2. The molecule has 0 saturated carbocycles. The van der Waals surface area contributed by atoms with Gasteiger partial charge in [0.05, 0.1) is 11.1 Å². The third kappa shape index (κ3) is 3.09. The molecule has 3 heterocycles. The Labute approximate surface area is 192 Å². The van der Waals surface area contributed by atoms with E-state index < -0.39 is 5.63 Å². The molecule has 0 bridgehead atoms. The highest BCUT2D eigenvalue weighted by Gasteiger charge is 2.27. The Morgan fingerprint density at radius 2 is 1.76 bits per heavy atom. The van der Waals surface area contributed by atoms with E-state index in [4.69, 9.17) is 13.6 Å². The molecule has 0 fully saturated rings. The van der Waals surface area contributed by atoms with Crippen molar-refractivity contribution in [3.05, 3.63) is 94.0 Å². The minimum atomic E-state index is -0.476. The van der Waals surface area contributed by atoms with Crippen molar-refractivity contribution in [3.63, 3.8) is 0 Å². The van der Waals surface area contributed by atoms with E-state index in [9.17, 15) is 14.4 Å². The van der Waals surface area contributed by atoms with E-state index in [-0.39, 0.29) is 24.1 Å². The molecule has 7 nitrogen and oxygen atoms in total. The summed E-state index contributed by atoms with van der Waals surface area (Å²) in [5.74, 6) is -0.0587. The van der Waals surface area contributed by atoms with Crippen LogP contribution in [0.2, 0.25) is 0 Å². The minimum absolute atomic E-state index is 0.0697. The number of anilines is 1. The Morgan fingerprint density at radius 1 is 0.941 bits per heavy atom. The summed E-state index contributed by atoms with van der Waals surface area (Å²) in [5.41, 5.74) is 3.12. The van der Waals surface area contributed by atoms with E-state index in [1.54, 1.807) is 24.3 Å². The first-order valence-corrected chi connectivity index (χ1v) is 10.7. The SMILES string of the molecule is Cc1cc(=O)oc2c1ccc1oc(C(=O)c3ccc4c(c3)NC(=O)CO4)c(-c3ccccc3)c12. The number of hydrogen-bond donors (Lipinski definition) is 1. The van der Waals surface area contributed by atoms with Crippen LogP contribution in [-0.2, 0) is 4.79 Å². The molecule has 34 heavy (non-hydrogen) atoms. The summed E-state index contributed by atoms with van der Waals surface area (Å²) in [4.78, 5) is 37.7. The molecular weight excluding hydrogens is 434 g/mol. The highest BCUT2D eigenvalue weighted by molar-refractivity contribution is 6.20. The summed E-state index contributed by atoms with van der Waals surface area (Å²) in [7, 11) is 0. The van der Waals surface area contributed by atoms with E-state index in [1.165, 1.54) is 6.07 Å². The van der Waals surface area contributed by atoms with Crippen molar-refractivity contribution >= 4 is 39.3 Å². The van der Waals surface area contributed by atoms with Gasteiger partial charge in [-0.2, -0.15) is 0 Å². The van der Waals surface area contributed by atoms with Crippen LogP contribution in [0.1, 0.15) is 21.7 Å². The van der Waals surface area contributed by atoms with Gasteiger partial charge in [0.25, 0.3) is 5.91 Å². The maximum Gasteiger partial charge on any atom is 0.336 e.